The lowest BCUT2D eigenvalue weighted by Gasteiger charge is -2.22. The Kier molecular flexibility index (Phi) is 5.09. The van der Waals surface area contributed by atoms with Crippen LogP contribution in [0.15, 0.2) is 72.8 Å². The van der Waals surface area contributed by atoms with Gasteiger partial charge in [0, 0.05) is 22.9 Å². The van der Waals surface area contributed by atoms with Crippen LogP contribution < -0.4 is 9.64 Å². The molecule has 5 rings (SSSR count). The average Bonchev–Trinajstić information content (AvgIpc) is 3.27. The summed E-state index contributed by atoms with van der Waals surface area (Å²) < 4.78 is 20.0. The molecule has 0 atom stereocenters. The molecule has 1 aliphatic heterocycles. The molecule has 2 aromatic heterocycles. The van der Waals surface area contributed by atoms with Gasteiger partial charge in [0.2, 0.25) is 0 Å². The minimum absolute atomic E-state index is 0.0843. The Balaban J connectivity index is 1.50. The Labute approximate surface area is 187 Å². The molecule has 0 saturated heterocycles. The second-order valence-corrected chi connectivity index (χ2v) is 8.03. The van der Waals surface area contributed by atoms with E-state index in [1.54, 1.807) is 30.3 Å². The van der Waals surface area contributed by atoms with E-state index in [0.717, 1.165) is 11.1 Å². The molecule has 1 aliphatic rings. The van der Waals surface area contributed by atoms with Gasteiger partial charge in [0.25, 0.3) is 0 Å². The van der Waals surface area contributed by atoms with Crippen LogP contribution in [0.25, 0.3) is 27.3 Å². The molecule has 0 bridgehead atoms. The number of aromatic nitrogens is 3. The fraction of sp³-hybridized carbons (Fsp3) is 0.0833. The highest BCUT2D eigenvalue weighted by Crippen LogP contribution is 2.35. The van der Waals surface area contributed by atoms with Crippen LogP contribution >= 0.6 is 11.3 Å². The average molecular weight is 441 g/mol. The lowest BCUT2D eigenvalue weighted by molar-refractivity contribution is 0.413. The predicted octanol–water partition coefficient (Wildman–Crippen LogP) is 5.35. The van der Waals surface area contributed by atoms with Crippen molar-refractivity contribution in [3.8, 4) is 23.1 Å². The van der Waals surface area contributed by atoms with Gasteiger partial charge in [-0.1, -0.05) is 41.7 Å². The first kappa shape index (κ1) is 19.8. The van der Waals surface area contributed by atoms with E-state index >= 15 is 0 Å². The summed E-state index contributed by atoms with van der Waals surface area (Å²) in [6.07, 6.45) is 5.03. The van der Waals surface area contributed by atoms with Gasteiger partial charge in [-0.25, -0.2) is 14.4 Å². The third-order valence-electron chi connectivity index (χ3n) is 5.01. The molecule has 0 saturated carbocycles. The molecule has 0 fully saturated rings. The van der Waals surface area contributed by atoms with Crippen molar-refractivity contribution in [2.45, 2.75) is 0 Å². The van der Waals surface area contributed by atoms with Crippen LogP contribution in [0.3, 0.4) is 0 Å². The van der Waals surface area contributed by atoms with Crippen LogP contribution in [0.4, 0.5) is 9.52 Å². The molecule has 4 aromatic rings. The summed E-state index contributed by atoms with van der Waals surface area (Å²) in [6, 6.07) is 16.8. The molecule has 6 nitrogen and oxygen atoms in total. The molecule has 156 valence electrons. The van der Waals surface area contributed by atoms with Crippen LogP contribution in [0.2, 0.25) is 0 Å². The van der Waals surface area contributed by atoms with Gasteiger partial charge in [-0.3, -0.25) is 0 Å². The zero-order valence-corrected chi connectivity index (χ0v) is 17.8. The molecule has 0 spiro atoms. The number of rotatable bonds is 4. The van der Waals surface area contributed by atoms with Crippen LogP contribution in [0.1, 0.15) is 11.1 Å². The minimum atomic E-state index is -0.271. The van der Waals surface area contributed by atoms with Crippen LogP contribution in [-0.4, -0.2) is 28.6 Å². The number of halogens is 1. The zero-order chi connectivity index (χ0) is 22.1. The summed E-state index contributed by atoms with van der Waals surface area (Å²) in [5.41, 5.74) is 4.14. The summed E-state index contributed by atoms with van der Waals surface area (Å²) in [7, 11) is 1.59. The molecule has 32 heavy (non-hydrogen) atoms. The van der Waals surface area contributed by atoms with Gasteiger partial charge < -0.3 is 9.64 Å². The molecule has 0 unspecified atom stereocenters. The van der Waals surface area contributed by atoms with Crippen LogP contribution in [-0.2, 0) is 0 Å². The fourth-order valence-electron chi connectivity index (χ4n) is 3.47. The van der Waals surface area contributed by atoms with Crippen molar-refractivity contribution in [1.82, 2.24) is 15.0 Å². The number of nitrogens with zero attached hydrogens (tertiary/aromatic N) is 5. The maximum absolute atomic E-state index is 14.6. The largest absolute Gasteiger partial charge is 0.496 e. The molecule has 3 heterocycles. The van der Waals surface area contributed by atoms with Crippen molar-refractivity contribution in [3.05, 3.63) is 84.0 Å². The van der Waals surface area contributed by atoms with Crippen molar-refractivity contribution in [3.63, 3.8) is 0 Å². The van der Waals surface area contributed by atoms with E-state index in [-0.39, 0.29) is 12.4 Å². The SMILES string of the molecule is COc1ccccc1C1=CN(c2nc3ncc(-c4ccc(C#N)cc4)nc3s2)CC(F)=C1. The van der Waals surface area contributed by atoms with Gasteiger partial charge in [0.05, 0.1) is 37.2 Å². The smallest absolute Gasteiger partial charge is 0.193 e. The Bertz CT molecular complexity index is 1420. The van der Waals surface area contributed by atoms with Gasteiger partial charge >= 0.3 is 0 Å². The Morgan fingerprint density at radius 3 is 2.72 bits per heavy atom. The van der Waals surface area contributed by atoms with Crippen LogP contribution in [0, 0.1) is 11.3 Å². The lowest BCUT2D eigenvalue weighted by Crippen LogP contribution is -2.21. The quantitative estimate of drug-likeness (QED) is 0.425. The lowest BCUT2D eigenvalue weighted by atomic mass is 10.0. The molecule has 0 radical (unpaired) electrons. The van der Waals surface area contributed by atoms with Gasteiger partial charge in [-0.05, 0) is 24.3 Å². The molecule has 0 N–H and O–H groups in total. The van der Waals surface area contributed by atoms with E-state index in [0.29, 0.717) is 38.2 Å². The fourth-order valence-corrected chi connectivity index (χ4v) is 4.34. The number of methoxy groups -OCH3 is 1. The maximum atomic E-state index is 14.6. The molecule has 8 heteroatoms. The van der Waals surface area contributed by atoms with E-state index in [2.05, 4.69) is 21.0 Å². The second-order valence-electron chi connectivity index (χ2n) is 7.07. The van der Waals surface area contributed by atoms with Gasteiger partial charge in [-0.2, -0.15) is 10.2 Å². The van der Waals surface area contributed by atoms with Gasteiger partial charge in [0.1, 0.15) is 11.6 Å². The Morgan fingerprint density at radius 1 is 1.12 bits per heavy atom. The summed E-state index contributed by atoms with van der Waals surface area (Å²) in [4.78, 5) is 16.1. The first-order chi connectivity index (χ1) is 15.6. The summed E-state index contributed by atoms with van der Waals surface area (Å²) >= 11 is 1.35. The number of hydrogen-bond donors (Lipinski definition) is 0. The highest BCUT2D eigenvalue weighted by molar-refractivity contribution is 7.21. The molecule has 2 aromatic carbocycles. The van der Waals surface area contributed by atoms with E-state index < -0.39 is 0 Å². The van der Waals surface area contributed by atoms with E-state index in [4.69, 9.17) is 10.00 Å². The molecule has 0 aliphatic carbocycles. The van der Waals surface area contributed by atoms with Crippen molar-refractivity contribution < 1.29 is 9.13 Å². The van der Waals surface area contributed by atoms with Crippen molar-refractivity contribution >= 4 is 32.5 Å². The molecular formula is C24H16FN5OS. The number of benzene rings is 2. The summed E-state index contributed by atoms with van der Waals surface area (Å²) in [5.74, 6) is 0.399. The number of anilines is 1. The zero-order valence-electron chi connectivity index (χ0n) is 17.0. The monoisotopic (exact) mass is 441 g/mol. The summed E-state index contributed by atoms with van der Waals surface area (Å²) in [6.45, 7) is 0.0843. The number of fused-ring (bicyclic) bond motifs is 1. The van der Waals surface area contributed by atoms with Gasteiger partial charge in [-0.15, -0.1) is 0 Å². The third kappa shape index (κ3) is 3.70. The van der Waals surface area contributed by atoms with Crippen molar-refractivity contribution in [2.24, 2.45) is 0 Å². The second kappa shape index (κ2) is 8.21. The standard InChI is InChI=1S/C24H16FN5OS/c1-31-21-5-3-2-4-19(21)17-10-18(25)14-30(13-17)24-29-22-23(32-24)28-20(12-27-22)16-8-6-15(11-26)7-9-16/h2-10,12-13H,14H2,1H3. The number of hydrogen-bond acceptors (Lipinski definition) is 7. The van der Waals surface area contributed by atoms with Gasteiger partial charge in [0.15, 0.2) is 15.6 Å². The number of ether oxygens (including phenoxy) is 1. The van der Waals surface area contributed by atoms with Crippen LogP contribution in [0.5, 0.6) is 5.75 Å². The number of thiazole rings is 1. The highest BCUT2D eigenvalue weighted by atomic mass is 32.1. The number of para-hydroxylation sites is 1. The normalized spacial score (nSPS) is 13.5. The Hall–Kier alpha value is -4.09. The third-order valence-corrected chi connectivity index (χ3v) is 5.99. The molecule has 0 amide bonds. The number of nitriles is 1. The van der Waals surface area contributed by atoms with E-state index in [1.807, 2.05) is 42.6 Å². The Morgan fingerprint density at radius 2 is 1.94 bits per heavy atom. The first-order valence-electron chi connectivity index (χ1n) is 9.76. The maximum Gasteiger partial charge on any atom is 0.193 e. The van der Waals surface area contributed by atoms with E-state index in [9.17, 15) is 4.39 Å². The molecular weight excluding hydrogens is 425 g/mol. The first-order valence-corrected chi connectivity index (χ1v) is 10.6. The minimum Gasteiger partial charge on any atom is -0.496 e. The highest BCUT2D eigenvalue weighted by Gasteiger charge is 2.20. The van der Waals surface area contributed by atoms with E-state index in [1.165, 1.54) is 17.4 Å². The van der Waals surface area contributed by atoms with Crippen molar-refractivity contribution in [1.29, 1.82) is 5.26 Å². The number of allylic oxidation sites excluding steroid dienone is 2. The summed E-state index contributed by atoms with van der Waals surface area (Å²) in [5, 5.41) is 9.58. The van der Waals surface area contributed by atoms with Crippen molar-refractivity contribution in [2.75, 3.05) is 18.6 Å². The predicted molar refractivity (Wildman–Crippen MR) is 123 cm³/mol. The topological polar surface area (TPSA) is 74.9 Å².